The van der Waals surface area contributed by atoms with Gasteiger partial charge in [0.25, 0.3) is 5.91 Å². The largest absolute Gasteiger partial charge is 0.272 e. The minimum absolute atomic E-state index is 0.254. The molecule has 0 fully saturated rings. The number of amides is 1. The van der Waals surface area contributed by atoms with Crippen molar-refractivity contribution in [3.8, 4) is 0 Å². The summed E-state index contributed by atoms with van der Waals surface area (Å²) in [6, 6.07) is 10.9. The molecule has 0 atom stereocenters. The Bertz CT molecular complexity index is 611. The molecule has 96 valence electrons. The lowest BCUT2D eigenvalue weighted by Gasteiger charge is -2.04. The van der Waals surface area contributed by atoms with E-state index in [2.05, 4.69) is 31.4 Å². The van der Waals surface area contributed by atoms with Crippen molar-refractivity contribution in [3.05, 3.63) is 64.4 Å². The van der Waals surface area contributed by atoms with Gasteiger partial charge in [0.2, 0.25) is 0 Å². The average molecular weight is 318 g/mol. The number of nitrogens with one attached hydrogen (secondary N) is 1. The molecule has 2 aromatic rings. The van der Waals surface area contributed by atoms with Crippen molar-refractivity contribution in [1.82, 2.24) is 10.4 Å². The van der Waals surface area contributed by atoms with E-state index in [4.69, 9.17) is 0 Å². The number of carbonyl (C=O) groups is 1. The maximum Gasteiger partial charge on any atom is 0.272 e. The normalized spacial score (nSPS) is 11.2. The van der Waals surface area contributed by atoms with Crippen molar-refractivity contribution in [2.24, 2.45) is 5.10 Å². The molecule has 0 spiro atoms. The van der Waals surface area contributed by atoms with Crippen LogP contribution in [0.3, 0.4) is 0 Å². The Hall–Kier alpha value is -2.01. The predicted octanol–water partition coefficient (Wildman–Crippen LogP) is 3.00. The van der Waals surface area contributed by atoms with Gasteiger partial charge in [-0.05, 0) is 41.1 Å². The van der Waals surface area contributed by atoms with Crippen LogP contribution in [0.2, 0.25) is 0 Å². The highest BCUT2D eigenvalue weighted by Gasteiger charge is 2.08. The molecular weight excluding hydrogens is 306 g/mol. The minimum atomic E-state index is -0.254. The second kappa shape index (κ2) is 6.24. The first-order chi connectivity index (χ1) is 9.18. The van der Waals surface area contributed by atoms with Gasteiger partial charge in [-0.25, -0.2) is 5.43 Å². The van der Waals surface area contributed by atoms with Gasteiger partial charge in [-0.1, -0.05) is 18.2 Å². The third kappa shape index (κ3) is 3.48. The predicted molar refractivity (Wildman–Crippen MR) is 78.1 cm³/mol. The summed E-state index contributed by atoms with van der Waals surface area (Å²) in [5.74, 6) is -0.254. The zero-order valence-corrected chi connectivity index (χ0v) is 11.9. The maximum atomic E-state index is 11.9. The van der Waals surface area contributed by atoms with E-state index in [0.717, 1.165) is 10.0 Å². The molecule has 0 unspecified atom stereocenters. The molecule has 0 aliphatic heterocycles. The van der Waals surface area contributed by atoms with Gasteiger partial charge in [0, 0.05) is 22.4 Å². The number of carbonyl (C=O) groups excluding carboxylic acids is 1. The Kier molecular flexibility index (Phi) is 4.41. The Labute approximate surface area is 119 Å². The van der Waals surface area contributed by atoms with Crippen LogP contribution in [0.25, 0.3) is 0 Å². The number of hydrazone groups is 1. The number of hydrogen-bond acceptors (Lipinski definition) is 3. The number of halogens is 1. The van der Waals surface area contributed by atoms with Gasteiger partial charge < -0.3 is 0 Å². The second-order valence-electron chi connectivity index (χ2n) is 3.86. The highest BCUT2D eigenvalue weighted by molar-refractivity contribution is 9.10. The first-order valence-electron chi connectivity index (χ1n) is 5.68. The van der Waals surface area contributed by atoms with Crippen LogP contribution in [0.1, 0.15) is 22.8 Å². The molecule has 1 aromatic carbocycles. The van der Waals surface area contributed by atoms with E-state index in [-0.39, 0.29) is 5.91 Å². The molecule has 1 amide bonds. The summed E-state index contributed by atoms with van der Waals surface area (Å²) in [7, 11) is 0. The fourth-order valence-corrected chi connectivity index (χ4v) is 1.95. The van der Waals surface area contributed by atoms with Crippen LogP contribution in [-0.4, -0.2) is 16.6 Å². The molecule has 1 heterocycles. The lowest BCUT2D eigenvalue weighted by atomic mass is 10.2. The first kappa shape index (κ1) is 13.4. The third-order valence-electron chi connectivity index (χ3n) is 2.52. The van der Waals surface area contributed by atoms with Crippen molar-refractivity contribution in [2.45, 2.75) is 6.92 Å². The minimum Gasteiger partial charge on any atom is -0.267 e. The van der Waals surface area contributed by atoms with E-state index in [1.54, 1.807) is 24.5 Å². The Balaban J connectivity index is 2.11. The van der Waals surface area contributed by atoms with E-state index in [9.17, 15) is 4.79 Å². The van der Waals surface area contributed by atoms with E-state index in [0.29, 0.717) is 11.3 Å². The van der Waals surface area contributed by atoms with Crippen molar-refractivity contribution in [1.29, 1.82) is 0 Å². The van der Waals surface area contributed by atoms with Crippen molar-refractivity contribution < 1.29 is 4.79 Å². The monoisotopic (exact) mass is 317 g/mol. The number of rotatable bonds is 3. The van der Waals surface area contributed by atoms with E-state index >= 15 is 0 Å². The van der Waals surface area contributed by atoms with Crippen molar-refractivity contribution in [3.63, 3.8) is 0 Å². The lowest BCUT2D eigenvalue weighted by molar-refractivity contribution is 0.0954. The van der Waals surface area contributed by atoms with Crippen LogP contribution in [0.5, 0.6) is 0 Å². The second-order valence-corrected chi connectivity index (χ2v) is 4.71. The van der Waals surface area contributed by atoms with Crippen LogP contribution in [0.4, 0.5) is 0 Å². The zero-order valence-electron chi connectivity index (χ0n) is 10.3. The SMILES string of the molecule is C/C(=N/NC(=O)c1ccccc1Br)c1cccnc1. The molecule has 5 heteroatoms. The molecule has 19 heavy (non-hydrogen) atoms. The van der Waals surface area contributed by atoms with Crippen molar-refractivity contribution >= 4 is 27.5 Å². The summed E-state index contributed by atoms with van der Waals surface area (Å²) in [5.41, 5.74) is 4.65. The molecule has 2 rings (SSSR count). The van der Waals surface area contributed by atoms with E-state index in [1.807, 2.05) is 31.2 Å². The Morgan fingerprint density at radius 3 is 2.74 bits per heavy atom. The summed E-state index contributed by atoms with van der Waals surface area (Å²) in [6.45, 7) is 1.82. The van der Waals surface area contributed by atoms with Gasteiger partial charge in [0.15, 0.2) is 0 Å². The molecule has 0 aliphatic rings. The molecule has 0 aliphatic carbocycles. The molecular formula is C14H12BrN3O. The van der Waals surface area contributed by atoms with Gasteiger partial charge in [-0.15, -0.1) is 0 Å². The lowest BCUT2D eigenvalue weighted by Crippen LogP contribution is -2.19. The molecule has 4 nitrogen and oxygen atoms in total. The van der Waals surface area contributed by atoms with Gasteiger partial charge >= 0.3 is 0 Å². The quantitative estimate of drug-likeness (QED) is 0.699. The number of benzene rings is 1. The first-order valence-corrected chi connectivity index (χ1v) is 6.47. The smallest absolute Gasteiger partial charge is 0.267 e. The number of pyridine rings is 1. The van der Waals surface area contributed by atoms with Gasteiger partial charge in [0.05, 0.1) is 11.3 Å². The molecule has 0 radical (unpaired) electrons. The van der Waals surface area contributed by atoms with Crippen LogP contribution < -0.4 is 5.43 Å². The molecule has 1 N–H and O–H groups in total. The van der Waals surface area contributed by atoms with Gasteiger partial charge in [-0.2, -0.15) is 5.10 Å². The fourth-order valence-electron chi connectivity index (χ4n) is 1.48. The number of nitrogens with zero attached hydrogens (tertiary/aromatic N) is 2. The van der Waals surface area contributed by atoms with Gasteiger partial charge in [-0.3, -0.25) is 9.78 Å². The van der Waals surface area contributed by atoms with E-state index < -0.39 is 0 Å². The Morgan fingerprint density at radius 2 is 2.05 bits per heavy atom. The van der Waals surface area contributed by atoms with Crippen LogP contribution in [-0.2, 0) is 0 Å². The van der Waals surface area contributed by atoms with E-state index in [1.165, 1.54) is 0 Å². The van der Waals surface area contributed by atoms with Crippen LogP contribution in [0.15, 0.2) is 58.4 Å². The number of hydrogen-bond donors (Lipinski definition) is 1. The summed E-state index contributed by atoms with van der Waals surface area (Å²) in [5, 5.41) is 4.07. The summed E-state index contributed by atoms with van der Waals surface area (Å²) < 4.78 is 0.738. The summed E-state index contributed by atoms with van der Waals surface area (Å²) in [4.78, 5) is 15.9. The summed E-state index contributed by atoms with van der Waals surface area (Å²) >= 11 is 3.33. The maximum absolute atomic E-state index is 11.9. The molecule has 1 aromatic heterocycles. The highest BCUT2D eigenvalue weighted by atomic mass is 79.9. The molecule has 0 bridgehead atoms. The topological polar surface area (TPSA) is 54.4 Å². The molecule has 0 saturated carbocycles. The number of aromatic nitrogens is 1. The van der Waals surface area contributed by atoms with Crippen molar-refractivity contribution in [2.75, 3.05) is 0 Å². The standard InChI is InChI=1S/C14H12BrN3O/c1-10(11-5-4-8-16-9-11)17-18-14(19)12-6-2-3-7-13(12)15/h2-9H,1H3,(H,18,19)/b17-10-. The zero-order chi connectivity index (χ0) is 13.7. The average Bonchev–Trinajstić information content (AvgIpc) is 2.46. The summed E-state index contributed by atoms with van der Waals surface area (Å²) in [6.07, 6.45) is 3.39. The molecule has 0 saturated heterocycles. The van der Waals surface area contributed by atoms with Crippen LogP contribution in [0, 0.1) is 0 Å². The fraction of sp³-hybridized carbons (Fsp3) is 0.0714. The third-order valence-corrected chi connectivity index (χ3v) is 3.21. The van der Waals surface area contributed by atoms with Crippen LogP contribution >= 0.6 is 15.9 Å². The Morgan fingerprint density at radius 1 is 1.26 bits per heavy atom. The highest BCUT2D eigenvalue weighted by Crippen LogP contribution is 2.15. The van der Waals surface area contributed by atoms with Gasteiger partial charge in [0.1, 0.15) is 0 Å².